The second-order valence-corrected chi connectivity index (χ2v) is 9.73. The van der Waals surface area contributed by atoms with Crippen molar-refractivity contribution in [3.63, 3.8) is 0 Å². The number of benzene rings is 1. The maximum Gasteiger partial charge on any atom is 0.263 e. The molecule has 0 aliphatic carbocycles. The molecule has 4 heterocycles. The van der Waals surface area contributed by atoms with E-state index >= 15 is 0 Å². The van der Waals surface area contributed by atoms with Crippen LogP contribution < -0.4 is 10.2 Å². The topological polar surface area (TPSA) is 78.4 Å². The van der Waals surface area contributed by atoms with E-state index in [9.17, 15) is 9.59 Å². The van der Waals surface area contributed by atoms with Gasteiger partial charge in [-0.1, -0.05) is 18.2 Å². The molecule has 3 aromatic rings. The fraction of sp³-hybridized carbons (Fsp3) is 0.360. The van der Waals surface area contributed by atoms with Crippen LogP contribution >= 0.6 is 11.3 Å². The Hall–Kier alpha value is -3.26. The molecule has 2 aliphatic heterocycles. The highest BCUT2D eigenvalue weighted by molar-refractivity contribution is 7.12. The minimum Gasteiger partial charge on any atom is -0.353 e. The molecule has 2 fully saturated rings. The van der Waals surface area contributed by atoms with Crippen molar-refractivity contribution >= 4 is 34.7 Å². The Kier molecular flexibility index (Phi) is 6.35. The molecular weight excluding hydrogens is 434 g/mol. The van der Waals surface area contributed by atoms with Crippen molar-refractivity contribution in [3.05, 3.63) is 70.5 Å². The lowest BCUT2D eigenvalue weighted by atomic mass is 9.90. The Balaban J connectivity index is 1.06. The van der Waals surface area contributed by atoms with Gasteiger partial charge in [0.1, 0.15) is 0 Å². The van der Waals surface area contributed by atoms with Gasteiger partial charge in [-0.15, -0.1) is 16.4 Å². The standard InChI is InChI=1S/C25H27N5O2S/c31-24(20-16-30(17-20)23-4-1-11-26-28-23)27-21-7-5-18(6-8-21)15-19-9-12-29(13-10-19)25(32)22-3-2-14-33-22/h1-8,11,14,19-20H,9-10,12-13,15-17H2,(H,27,31). The number of nitrogens with one attached hydrogen (secondary N) is 1. The number of aromatic nitrogens is 2. The number of hydrogen-bond acceptors (Lipinski definition) is 6. The van der Waals surface area contributed by atoms with Gasteiger partial charge in [-0.25, -0.2) is 0 Å². The molecular formula is C25H27N5O2S. The van der Waals surface area contributed by atoms with E-state index in [1.165, 1.54) is 16.9 Å². The average molecular weight is 462 g/mol. The van der Waals surface area contributed by atoms with Gasteiger partial charge in [-0.2, -0.15) is 5.10 Å². The van der Waals surface area contributed by atoms with Crippen LogP contribution in [0.1, 0.15) is 28.1 Å². The molecule has 2 saturated heterocycles. The van der Waals surface area contributed by atoms with Crippen LogP contribution in [0, 0.1) is 11.8 Å². The SMILES string of the molecule is O=C(Nc1ccc(CC2CCN(C(=O)c3cccs3)CC2)cc1)C1CN(c2cccnn2)C1. The maximum atomic E-state index is 12.5. The zero-order valence-corrected chi connectivity index (χ0v) is 19.2. The molecule has 8 heteroatoms. The van der Waals surface area contributed by atoms with E-state index in [2.05, 4.69) is 32.5 Å². The van der Waals surface area contributed by atoms with Crippen LogP contribution in [0.5, 0.6) is 0 Å². The first-order valence-electron chi connectivity index (χ1n) is 11.4. The molecule has 0 saturated carbocycles. The second kappa shape index (κ2) is 9.70. The summed E-state index contributed by atoms with van der Waals surface area (Å²) in [5.41, 5.74) is 2.10. The van der Waals surface area contributed by atoms with Crippen molar-refractivity contribution in [2.75, 3.05) is 36.4 Å². The lowest BCUT2D eigenvalue weighted by Crippen LogP contribution is -2.52. The fourth-order valence-electron chi connectivity index (χ4n) is 4.49. The average Bonchev–Trinajstić information content (AvgIpc) is 3.35. The molecule has 0 atom stereocenters. The molecule has 0 spiro atoms. The van der Waals surface area contributed by atoms with E-state index < -0.39 is 0 Å². The van der Waals surface area contributed by atoms with Crippen molar-refractivity contribution in [2.45, 2.75) is 19.3 Å². The number of thiophene rings is 1. The summed E-state index contributed by atoms with van der Waals surface area (Å²) >= 11 is 1.51. The molecule has 0 radical (unpaired) electrons. The molecule has 5 rings (SSSR count). The van der Waals surface area contributed by atoms with Gasteiger partial charge in [-0.05, 0) is 66.5 Å². The highest BCUT2D eigenvalue weighted by atomic mass is 32.1. The van der Waals surface area contributed by atoms with Crippen LogP contribution in [0.2, 0.25) is 0 Å². The van der Waals surface area contributed by atoms with Gasteiger partial charge in [0.2, 0.25) is 5.91 Å². The van der Waals surface area contributed by atoms with Gasteiger partial charge in [-0.3, -0.25) is 9.59 Å². The first-order valence-corrected chi connectivity index (χ1v) is 12.3. The molecule has 2 aliphatic rings. The Morgan fingerprint density at radius 1 is 1.03 bits per heavy atom. The summed E-state index contributed by atoms with van der Waals surface area (Å²) in [6, 6.07) is 15.8. The lowest BCUT2D eigenvalue weighted by Gasteiger charge is -2.38. The molecule has 1 aromatic carbocycles. The number of hydrogen-bond donors (Lipinski definition) is 1. The number of amides is 2. The van der Waals surface area contributed by atoms with Crippen LogP contribution in [0.25, 0.3) is 0 Å². The maximum absolute atomic E-state index is 12.5. The molecule has 2 amide bonds. The predicted molar refractivity (Wildman–Crippen MR) is 129 cm³/mol. The summed E-state index contributed by atoms with van der Waals surface area (Å²) in [6.45, 7) is 2.97. The number of likely N-dealkylation sites (tertiary alicyclic amines) is 1. The van der Waals surface area contributed by atoms with E-state index in [0.717, 1.165) is 48.7 Å². The molecule has 1 N–H and O–H groups in total. The minimum absolute atomic E-state index is 0.0336. The molecule has 7 nitrogen and oxygen atoms in total. The highest BCUT2D eigenvalue weighted by Gasteiger charge is 2.33. The summed E-state index contributed by atoms with van der Waals surface area (Å²) in [5.74, 6) is 1.57. The van der Waals surface area contributed by atoms with Gasteiger partial charge in [0, 0.05) is 38.1 Å². The van der Waals surface area contributed by atoms with Crippen LogP contribution in [-0.2, 0) is 11.2 Å². The number of nitrogens with zero attached hydrogens (tertiary/aromatic N) is 4. The Morgan fingerprint density at radius 2 is 1.82 bits per heavy atom. The van der Waals surface area contributed by atoms with Crippen molar-refractivity contribution < 1.29 is 9.59 Å². The zero-order chi connectivity index (χ0) is 22.6. The van der Waals surface area contributed by atoms with E-state index in [1.807, 2.05) is 46.7 Å². The monoisotopic (exact) mass is 461 g/mol. The molecule has 170 valence electrons. The van der Waals surface area contributed by atoms with E-state index in [1.54, 1.807) is 6.20 Å². The van der Waals surface area contributed by atoms with Crippen molar-refractivity contribution in [1.82, 2.24) is 15.1 Å². The van der Waals surface area contributed by atoms with Gasteiger partial charge in [0.15, 0.2) is 5.82 Å². The summed E-state index contributed by atoms with van der Waals surface area (Å²) in [4.78, 5) is 29.9. The number of anilines is 2. The summed E-state index contributed by atoms with van der Waals surface area (Å²) < 4.78 is 0. The first kappa shape index (κ1) is 21.6. The van der Waals surface area contributed by atoms with Crippen molar-refractivity contribution in [2.24, 2.45) is 11.8 Å². The third-order valence-electron chi connectivity index (χ3n) is 6.51. The molecule has 2 aromatic heterocycles. The normalized spacial score (nSPS) is 17.0. The third-order valence-corrected chi connectivity index (χ3v) is 7.37. The largest absolute Gasteiger partial charge is 0.353 e. The van der Waals surface area contributed by atoms with Crippen molar-refractivity contribution in [1.29, 1.82) is 0 Å². The zero-order valence-electron chi connectivity index (χ0n) is 18.4. The fourth-order valence-corrected chi connectivity index (χ4v) is 5.18. The number of carbonyl (C=O) groups excluding carboxylic acids is 2. The molecule has 33 heavy (non-hydrogen) atoms. The van der Waals surface area contributed by atoms with E-state index in [-0.39, 0.29) is 17.7 Å². The van der Waals surface area contributed by atoms with Gasteiger partial charge in [0.25, 0.3) is 5.91 Å². The smallest absolute Gasteiger partial charge is 0.263 e. The second-order valence-electron chi connectivity index (χ2n) is 8.79. The first-order chi connectivity index (χ1) is 16.2. The highest BCUT2D eigenvalue weighted by Crippen LogP contribution is 2.26. The van der Waals surface area contributed by atoms with Gasteiger partial charge in [0.05, 0.1) is 10.8 Å². The number of carbonyl (C=O) groups is 2. The van der Waals surface area contributed by atoms with Gasteiger partial charge >= 0.3 is 0 Å². The Morgan fingerprint density at radius 3 is 2.48 bits per heavy atom. The summed E-state index contributed by atoms with van der Waals surface area (Å²) in [5, 5.41) is 13.0. The summed E-state index contributed by atoms with van der Waals surface area (Å²) in [6.07, 6.45) is 4.71. The van der Waals surface area contributed by atoms with E-state index in [0.29, 0.717) is 19.0 Å². The quantitative estimate of drug-likeness (QED) is 0.606. The van der Waals surface area contributed by atoms with Crippen molar-refractivity contribution in [3.8, 4) is 0 Å². The predicted octanol–water partition coefficient (Wildman–Crippen LogP) is 3.71. The molecule has 0 bridgehead atoms. The molecule has 0 unspecified atom stereocenters. The van der Waals surface area contributed by atoms with E-state index in [4.69, 9.17) is 0 Å². The van der Waals surface area contributed by atoms with Crippen LogP contribution in [-0.4, -0.2) is 53.1 Å². The van der Waals surface area contributed by atoms with Crippen LogP contribution in [0.15, 0.2) is 60.1 Å². The lowest BCUT2D eigenvalue weighted by molar-refractivity contribution is -0.120. The third kappa shape index (κ3) is 5.06. The Labute approximate surface area is 197 Å². The van der Waals surface area contributed by atoms with Crippen LogP contribution in [0.4, 0.5) is 11.5 Å². The minimum atomic E-state index is -0.0336. The Bertz CT molecular complexity index is 1070. The van der Waals surface area contributed by atoms with Gasteiger partial charge < -0.3 is 15.1 Å². The van der Waals surface area contributed by atoms with Crippen LogP contribution in [0.3, 0.4) is 0 Å². The number of rotatable bonds is 6. The number of piperidine rings is 1. The summed E-state index contributed by atoms with van der Waals surface area (Å²) in [7, 11) is 0.